The first-order valence-corrected chi connectivity index (χ1v) is 8.97. The van der Waals surface area contributed by atoms with Gasteiger partial charge in [-0.3, -0.25) is 4.79 Å². The number of hydrogen-bond donors (Lipinski definition) is 1. The van der Waals surface area contributed by atoms with Crippen molar-refractivity contribution in [1.82, 2.24) is 0 Å². The minimum absolute atomic E-state index is 0.204. The van der Waals surface area contributed by atoms with Crippen LogP contribution in [0.25, 0.3) is 0 Å². The summed E-state index contributed by atoms with van der Waals surface area (Å²) in [5.74, 6) is 0.0775. The fourth-order valence-corrected chi connectivity index (χ4v) is 4.29. The average Bonchev–Trinajstić information content (AvgIpc) is 3.12. The van der Waals surface area contributed by atoms with Crippen LogP contribution in [0.2, 0.25) is 0 Å². The van der Waals surface area contributed by atoms with Gasteiger partial charge in [0.25, 0.3) is 5.91 Å². The van der Waals surface area contributed by atoms with Crippen LogP contribution in [0, 0.1) is 5.92 Å². The molecule has 2 heterocycles. The Balaban J connectivity index is 1.95. The average molecular weight is 347 g/mol. The van der Waals surface area contributed by atoms with Gasteiger partial charge in [0.2, 0.25) is 0 Å². The first-order chi connectivity index (χ1) is 11.5. The predicted molar refractivity (Wildman–Crippen MR) is 92.7 cm³/mol. The number of anilines is 1. The maximum atomic E-state index is 12.6. The van der Waals surface area contributed by atoms with E-state index in [-0.39, 0.29) is 23.7 Å². The van der Waals surface area contributed by atoms with E-state index >= 15 is 0 Å². The number of ether oxygens (including phenoxy) is 1. The number of nitrogens with one attached hydrogen (secondary N) is 1. The van der Waals surface area contributed by atoms with Crippen LogP contribution in [0.15, 0.2) is 22.8 Å². The summed E-state index contributed by atoms with van der Waals surface area (Å²) in [5.41, 5.74) is 1.54. The van der Waals surface area contributed by atoms with Crippen molar-refractivity contribution in [3.63, 3.8) is 0 Å². The van der Waals surface area contributed by atoms with E-state index in [9.17, 15) is 9.59 Å². The Kier molecular flexibility index (Phi) is 4.76. The number of rotatable bonds is 4. The molecule has 6 heteroatoms. The van der Waals surface area contributed by atoms with Crippen LogP contribution in [0.5, 0.6) is 0 Å². The summed E-state index contributed by atoms with van der Waals surface area (Å²) in [6.45, 7) is 5.84. The molecule has 5 nitrogen and oxygen atoms in total. The van der Waals surface area contributed by atoms with Crippen molar-refractivity contribution in [3.8, 4) is 0 Å². The van der Waals surface area contributed by atoms with Gasteiger partial charge >= 0.3 is 5.97 Å². The second-order valence-electron chi connectivity index (χ2n) is 6.44. The molecule has 0 bridgehead atoms. The summed E-state index contributed by atoms with van der Waals surface area (Å²) in [4.78, 5) is 26.0. The topological polar surface area (TPSA) is 68.5 Å². The smallest absolute Gasteiger partial charge is 0.341 e. The number of furan rings is 1. The molecule has 0 aromatic carbocycles. The third kappa shape index (κ3) is 3.38. The third-order valence-electron chi connectivity index (χ3n) is 4.03. The van der Waals surface area contributed by atoms with Gasteiger partial charge < -0.3 is 14.5 Å². The number of hydrogen-bond acceptors (Lipinski definition) is 5. The van der Waals surface area contributed by atoms with Gasteiger partial charge in [0.1, 0.15) is 5.00 Å². The highest BCUT2D eigenvalue weighted by atomic mass is 32.1. The fraction of sp³-hybridized carbons (Fsp3) is 0.444. The van der Waals surface area contributed by atoms with Crippen LogP contribution < -0.4 is 5.32 Å². The molecule has 0 saturated heterocycles. The number of carbonyl (C=O) groups is 2. The third-order valence-corrected chi connectivity index (χ3v) is 5.20. The standard InChI is InChI=1S/C18H21NO4S/c1-10(2)23-18(21)15-12-7-6-11(3)9-14(12)24-17(15)19-16(20)13-5-4-8-22-13/h4-5,8,10-11H,6-7,9H2,1-3H3,(H,19,20)/t11-/m1/s1. The van der Waals surface area contributed by atoms with Gasteiger partial charge in [-0.15, -0.1) is 11.3 Å². The minimum Gasteiger partial charge on any atom is -0.459 e. The highest BCUT2D eigenvalue weighted by Gasteiger charge is 2.30. The molecule has 0 fully saturated rings. The zero-order valence-electron chi connectivity index (χ0n) is 14.0. The molecule has 0 saturated carbocycles. The zero-order valence-corrected chi connectivity index (χ0v) is 14.9. The van der Waals surface area contributed by atoms with Crippen LogP contribution in [-0.4, -0.2) is 18.0 Å². The Bertz CT molecular complexity index is 745. The van der Waals surface area contributed by atoms with Gasteiger partial charge in [-0.1, -0.05) is 6.92 Å². The SMILES string of the molecule is CC(C)OC(=O)c1c(NC(=O)c2ccco2)sc2c1CC[C@@H](C)C2. The van der Waals surface area contributed by atoms with E-state index in [1.54, 1.807) is 12.1 Å². The molecule has 2 aromatic heterocycles. The second kappa shape index (κ2) is 6.81. The van der Waals surface area contributed by atoms with Crippen molar-refractivity contribution in [2.75, 3.05) is 5.32 Å². The lowest BCUT2D eigenvalue weighted by Crippen LogP contribution is -2.18. The molecule has 3 rings (SSSR count). The summed E-state index contributed by atoms with van der Waals surface area (Å²) in [7, 11) is 0. The summed E-state index contributed by atoms with van der Waals surface area (Å²) < 4.78 is 10.5. The monoisotopic (exact) mass is 347 g/mol. The molecule has 0 unspecified atom stereocenters. The van der Waals surface area contributed by atoms with E-state index in [1.165, 1.54) is 22.5 Å². The number of esters is 1. The first-order valence-electron chi connectivity index (χ1n) is 8.16. The molecule has 128 valence electrons. The number of fused-ring (bicyclic) bond motifs is 1. The molecule has 1 aliphatic carbocycles. The maximum absolute atomic E-state index is 12.6. The van der Waals surface area contributed by atoms with Crippen LogP contribution in [0.1, 0.15) is 58.5 Å². The lowest BCUT2D eigenvalue weighted by atomic mass is 9.88. The molecule has 1 N–H and O–H groups in total. The molecule has 0 radical (unpaired) electrons. The van der Waals surface area contributed by atoms with Gasteiger partial charge in [0.15, 0.2) is 5.76 Å². The highest BCUT2D eigenvalue weighted by Crippen LogP contribution is 2.40. The Morgan fingerprint density at radius 1 is 1.42 bits per heavy atom. The van der Waals surface area contributed by atoms with Crippen molar-refractivity contribution >= 4 is 28.2 Å². The van der Waals surface area contributed by atoms with Crippen molar-refractivity contribution in [1.29, 1.82) is 0 Å². The molecule has 2 aromatic rings. The van der Waals surface area contributed by atoms with Crippen molar-refractivity contribution in [2.24, 2.45) is 5.92 Å². The van der Waals surface area contributed by atoms with Crippen molar-refractivity contribution in [3.05, 3.63) is 40.2 Å². The summed E-state index contributed by atoms with van der Waals surface area (Å²) in [6, 6.07) is 3.25. The van der Waals surface area contributed by atoms with Crippen LogP contribution >= 0.6 is 11.3 Å². The highest BCUT2D eigenvalue weighted by molar-refractivity contribution is 7.17. The van der Waals surface area contributed by atoms with E-state index in [0.29, 0.717) is 16.5 Å². The molecule has 1 aliphatic rings. The maximum Gasteiger partial charge on any atom is 0.341 e. The number of thiophene rings is 1. The summed E-state index contributed by atoms with van der Waals surface area (Å²) >= 11 is 1.47. The molecule has 24 heavy (non-hydrogen) atoms. The predicted octanol–water partition coefficient (Wildman–Crippen LogP) is 4.28. The lowest BCUT2D eigenvalue weighted by Gasteiger charge is -2.18. The number of carbonyl (C=O) groups excluding carboxylic acids is 2. The molecular formula is C18H21NO4S. The first kappa shape index (κ1) is 16.8. The van der Waals surface area contributed by atoms with Gasteiger partial charge in [-0.2, -0.15) is 0 Å². The van der Waals surface area contributed by atoms with Crippen LogP contribution in [0.4, 0.5) is 5.00 Å². The van der Waals surface area contributed by atoms with Crippen LogP contribution in [0.3, 0.4) is 0 Å². The summed E-state index contributed by atoms with van der Waals surface area (Å²) in [5, 5.41) is 3.38. The molecule has 1 amide bonds. The molecule has 1 atom stereocenters. The fourth-order valence-electron chi connectivity index (χ4n) is 2.90. The van der Waals surface area contributed by atoms with Gasteiger partial charge in [0.05, 0.1) is 17.9 Å². The summed E-state index contributed by atoms with van der Waals surface area (Å²) in [6.07, 6.45) is 4.05. The minimum atomic E-state index is -0.369. The van der Waals surface area contributed by atoms with Gasteiger partial charge in [0, 0.05) is 4.88 Å². The Labute approximate surface area is 145 Å². The number of amides is 1. The molecule has 0 spiro atoms. The van der Waals surface area contributed by atoms with Crippen molar-refractivity contribution < 1.29 is 18.7 Å². The van der Waals surface area contributed by atoms with Gasteiger partial charge in [-0.05, 0) is 56.7 Å². The normalized spacial score (nSPS) is 16.8. The Morgan fingerprint density at radius 3 is 2.88 bits per heavy atom. The van der Waals surface area contributed by atoms with E-state index in [2.05, 4.69) is 12.2 Å². The zero-order chi connectivity index (χ0) is 17.3. The van der Waals surface area contributed by atoms with Gasteiger partial charge in [-0.25, -0.2) is 4.79 Å². The van der Waals surface area contributed by atoms with E-state index in [1.807, 2.05) is 13.8 Å². The Morgan fingerprint density at radius 2 is 2.21 bits per heavy atom. The quantitative estimate of drug-likeness (QED) is 0.838. The molecular weight excluding hydrogens is 326 g/mol. The molecule has 0 aliphatic heterocycles. The van der Waals surface area contributed by atoms with Crippen molar-refractivity contribution in [2.45, 2.75) is 46.1 Å². The van der Waals surface area contributed by atoms with E-state index in [4.69, 9.17) is 9.15 Å². The van der Waals surface area contributed by atoms with E-state index < -0.39 is 0 Å². The van der Waals surface area contributed by atoms with E-state index in [0.717, 1.165) is 24.8 Å². The lowest BCUT2D eigenvalue weighted by molar-refractivity contribution is 0.0378. The largest absolute Gasteiger partial charge is 0.459 e. The second-order valence-corrected chi connectivity index (χ2v) is 7.55. The van der Waals surface area contributed by atoms with Crippen LogP contribution in [-0.2, 0) is 17.6 Å². The Hall–Kier alpha value is -2.08.